The second kappa shape index (κ2) is 13.4. The molecule has 1 aromatic carbocycles. The summed E-state index contributed by atoms with van der Waals surface area (Å²) in [4.78, 5) is 36.5. The molecular formula is C27H35NO7. The van der Waals surface area contributed by atoms with E-state index in [0.717, 1.165) is 11.3 Å². The van der Waals surface area contributed by atoms with E-state index in [-0.39, 0.29) is 17.2 Å². The first-order valence-corrected chi connectivity index (χ1v) is 11.7. The molecule has 0 bridgehead atoms. The lowest BCUT2D eigenvalue weighted by Gasteiger charge is -2.14. The van der Waals surface area contributed by atoms with Gasteiger partial charge in [0.1, 0.15) is 22.8 Å². The number of hydrogen-bond donors (Lipinski definition) is 2. The first kappa shape index (κ1) is 27.7. The van der Waals surface area contributed by atoms with Gasteiger partial charge in [-0.2, -0.15) is 0 Å². The largest absolute Gasteiger partial charge is 0.507 e. The maximum Gasteiger partial charge on any atom is 0.410 e. The summed E-state index contributed by atoms with van der Waals surface area (Å²) in [6, 6.07) is 8.84. The Labute approximate surface area is 205 Å². The second-order valence-corrected chi connectivity index (χ2v) is 9.03. The molecule has 8 nitrogen and oxygen atoms in total. The van der Waals surface area contributed by atoms with Crippen LogP contribution in [-0.4, -0.2) is 30.7 Å². The van der Waals surface area contributed by atoms with E-state index < -0.39 is 23.4 Å². The lowest BCUT2D eigenvalue weighted by molar-refractivity contribution is 0.0921. The molecule has 1 heterocycles. The van der Waals surface area contributed by atoms with Crippen LogP contribution in [-0.2, 0) is 11.2 Å². The van der Waals surface area contributed by atoms with E-state index in [1.54, 1.807) is 13.0 Å². The van der Waals surface area contributed by atoms with Crippen molar-refractivity contribution in [2.75, 3.05) is 13.7 Å². The fraction of sp³-hybridized carbons (Fsp3) is 0.444. The van der Waals surface area contributed by atoms with Gasteiger partial charge < -0.3 is 19.0 Å². The van der Waals surface area contributed by atoms with Crippen molar-refractivity contribution in [3.8, 4) is 11.5 Å². The zero-order valence-electron chi connectivity index (χ0n) is 21.0. The molecule has 0 radical (unpaired) electrons. The highest BCUT2D eigenvalue weighted by atomic mass is 16.5. The number of amides is 1. The zero-order valence-corrected chi connectivity index (χ0v) is 21.0. The van der Waals surface area contributed by atoms with Gasteiger partial charge in [-0.25, -0.2) is 9.59 Å². The molecular weight excluding hydrogens is 450 g/mol. The SMILES string of the molecule is COC(=O)N/C=C/CCC(C)c1cc(O)c(C(=O)C(C)Cc2ccc(OCC(C)C)cc2)c(=O)o1. The summed E-state index contributed by atoms with van der Waals surface area (Å²) in [5.74, 6) is -0.0695. The van der Waals surface area contributed by atoms with Gasteiger partial charge in [0.15, 0.2) is 5.78 Å². The van der Waals surface area contributed by atoms with Gasteiger partial charge >= 0.3 is 11.7 Å². The van der Waals surface area contributed by atoms with E-state index in [1.165, 1.54) is 19.4 Å². The third-order valence-electron chi connectivity index (χ3n) is 5.45. The third kappa shape index (κ3) is 8.63. The number of carbonyl (C=O) groups excluding carboxylic acids is 2. The van der Waals surface area contributed by atoms with Gasteiger partial charge in [0.05, 0.1) is 13.7 Å². The van der Waals surface area contributed by atoms with E-state index >= 15 is 0 Å². The van der Waals surface area contributed by atoms with E-state index in [9.17, 15) is 19.5 Å². The highest BCUT2D eigenvalue weighted by molar-refractivity contribution is 5.99. The molecule has 0 aliphatic carbocycles. The Balaban J connectivity index is 2.01. The average molecular weight is 486 g/mol. The van der Waals surface area contributed by atoms with Crippen LogP contribution in [0.3, 0.4) is 0 Å². The Kier molecular flexibility index (Phi) is 10.6. The number of ether oxygens (including phenoxy) is 2. The standard InChI is InChI=1S/C27H35NO7/c1-17(2)16-34-21-11-9-20(10-12-21)14-19(4)25(30)24-22(29)15-23(35-26(24)31)18(3)8-6-7-13-28-27(32)33-5/h7,9-13,15,17-19,29H,6,8,14,16H2,1-5H3,(H,28,32)/b13-7+. The molecule has 35 heavy (non-hydrogen) atoms. The average Bonchev–Trinajstić information content (AvgIpc) is 2.82. The predicted molar refractivity (Wildman–Crippen MR) is 133 cm³/mol. The van der Waals surface area contributed by atoms with E-state index in [1.807, 2.05) is 31.2 Å². The molecule has 1 amide bonds. The number of methoxy groups -OCH3 is 1. The van der Waals surface area contributed by atoms with Crippen LogP contribution >= 0.6 is 0 Å². The molecule has 0 saturated carbocycles. The topological polar surface area (TPSA) is 115 Å². The van der Waals surface area contributed by atoms with Gasteiger partial charge in [0.2, 0.25) is 0 Å². The van der Waals surface area contributed by atoms with Crippen LogP contribution < -0.4 is 15.7 Å². The number of rotatable bonds is 12. The number of nitrogens with one attached hydrogen (secondary N) is 1. The molecule has 2 rings (SSSR count). The molecule has 2 aromatic rings. The molecule has 0 saturated heterocycles. The number of Topliss-reactive ketones (excluding diaryl/α,β-unsaturated/α-hetero) is 1. The van der Waals surface area contributed by atoms with Crippen LogP contribution in [0, 0.1) is 11.8 Å². The first-order chi connectivity index (χ1) is 16.6. The maximum absolute atomic E-state index is 12.9. The first-order valence-electron chi connectivity index (χ1n) is 11.7. The number of benzene rings is 1. The Bertz CT molecular complexity index is 1070. The quantitative estimate of drug-likeness (QED) is 0.397. The number of alkyl carbamates (subject to hydrolysis) is 1. The van der Waals surface area contributed by atoms with E-state index in [4.69, 9.17) is 9.15 Å². The van der Waals surface area contributed by atoms with Crippen molar-refractivity contribution in [2.45, 2.75) is 52.9 Å². The molecule has 0 aliphatic rings. The molecule has 2 unspecified atom stereocenters. The van der Waals surface area contributed by atoms with Gasteiger partial charge in [-0.1, -0.05) is 45.9 Å². The minimum Gasteiger partial charge on any atom is -0.507 e. The van der Waals surface area contributed by atoms with Crippen molar-refractivity contribution in [3.05, 3.63) is 69.9 Å². The van der Waals surface area contributed by atoms with Gasteiger partial charge in [0, 0.05) is 24.1 Å². The van der Waals surface area contributed by atoms with Crippen molar-refractivity contribution in [3.63, 3.8) is 0 Å². The van der Waals surface area contributed by atoms with Gasteiger partial charge in [-0.15, -0.1) is 0 Å². The van der Waals surface area contributed by atoms with Crippen LogP contribution in [0.15, 0.2) is 51.8 Å². The number of allylic oxidation sites excluding steroid dienone is 1. The van der Waals surface area contributed by atoms with Crippen molar-refractivity contribution in [2.24, 2.45) is 11.8 Å². The van der Waals surface area contributed by atoms with Crippen LogP contribution in [0.5, 0.6) is 11.5 Å². The summed E-state index contributed by atoms with van der Waals surface area (Å²) in [7, 11) is 1.27. The summed E-state index contributed by atoms with van der Waals surface area (Å²) >= 11 is 0. The lowest BCUT2D eigenvalue weighted by Crippen LogP contribution is -2.22. The van der Waals surface area contributed by atoms with E-state index in [0.29, 0.717) is 37.5 Å². The van der Waals surface area contributed by atoms with Crippen LogP contribution in [0.1, 0.15) is 68.1 Å². The highest BCUT2D eigenvalue weighted by Gasteiger charge is 2.25. The van der Waals surface area contributed by atoms with Crippen molar-refractivity contribution < 1.29 is 28.6 Å². The number of ketones is 1. The Morgan fingerprint density at radius 2 is 1.83 bits per heavy atom. The van der Waals surface area contributed by atoms with Gasteiger partial charge in [-0.05, 0) is 42.9 Å². The minimum absolute atomic E-state index is 0.186. The molecule has 2 N–H and O–H groups in total. The minimum atomic E-state index is -0.843. The van der Waals surface area contributed by atoms with Gasteiger partial charge in [0.25, 0.3) is 0 Å². The normalized spacial score (nSPS) is 13.0. The Morgan fingerprint density at radius 3 is 2.43 bits per heavy atom. The summed E-state index contributed by atoms with van der Waals surface area (Å²) in [6.07, 6.45) is 4.26. The van der Waals surface area contributed by atoms with E-state index in [2.05, 4.69) is 23.9 Å². The number of hydrogen-bond acceptors (Lipinski definition) is 7. The monoisotopic (exact) mass is 485 g/mol. The molecule has 0 spiro atoms. The molecule has 1 aromatic heterocycles. The predicted octanol–water partition coefficient (Wildman–Crippen LogP) is 5.20. The second-order valence-electron chi connectivity index (χ2n) is 9.03. The summed E-state index contributed by atoms with van der Waals surface area (Å²) < 4.78 is 15.5. The summed E-state index contributed by atoms with van der Waals surface area (Å²) in [5.41, 5.74) is -0.247. The van der Waals surface area contributed by atoms with Crippen molar-refractivity contribution in [1.82, 2.24) is 5.32 Å². The summed E-state index contributed by atoms with van der Waals surface area (Å²) in [6.45, 7) is 8.34. The fourth-order valence-corrected chi connectivity index (χ4v) is 3.40. The summed E-state index contributed by atoms with van der Waals surface area (Å²) in [5, 5.41) is 12.9. The molecule has 2 atom stereocenters. The van der Waals surface area contributed by atoms with Crippen LogP contribution in [0.4, 0.5) is 4.79 Å². The zero-order chi connectivity index (χ0) is 26.0. The van der Waals surface area contributed by atoms with Crippen LogP contribution in [0.25, 0.3) is 0 Å². The van der Waals surface area contributed by atoms with Crippen molar-refractivity contribution in [1.29, 1.82) is 0 Å². The number of aromatic hydroxyl groups is 1. The Hall–Kier alpha value is -3.55. The highest BCUT2D eigenvalue weighted by Crippen LogP contribution is 2.27. The van der Waals surface area contributed by atoms with Crippen LogP contribution in [0.2, 0.25) is 0 Å². The van der Waals surface area contributed by atoms with Crippen molar-refractivity contribution >= 4 is 11.9 Å². The fourth-order valence-electron chi connectivity index (χ4n) is 3.40. The van der Waals surface area contributed by atoms with Gasteiger partial charge in [-0.3, -0.25) is 10.1 Å². The Morgan fingerprint density at radius 1 is 1.14 bits per heavy atom. The molecule has 190 valence electrons. The number of carbonyl (C=O) groups is 2. The third-order valence-corrected chi connectivity index (χ3v) is 5.45. The maximum atomic E-state index is 12.9. The lowest BCUT2D eigenvalue weighted by atomic mass is 9.92. The molecule has 0 aliphatic heterocycles. The molecule has 0 fully saturated rings. The molecule has 8 heteroatoms. The smallest absolute Gasteiger partial charge is 0.410 e.